The lowest BCUT2D eigenvalue weighted by molar-refractivity contribution is 0.195. The van der Waals surface area contributed by atoms with Crippen LogP contribution in [0, 0.1) is 5.82 Å². The molecule has 0 unspecified atom stereocenters. The number of carboxylic acid groups (broad SMARTS) is 1. The van der Waals surface area contributed by atoms with E-state index in [0.29, 0.717) is 5.69 Å². The molecule has 0 aliphatic heterocycles. The Balaban J connectivity index is 2.38. The number of anilines is 2. The molecule has 0 spiro atoms. The predicted molar refractivity (Wildman–Crippen MR) is 85.4 cm³/mol. The average molecular weight is 319 g/mol. The van der Waals surface area contributed by atoms with Crippen molar-refractivity contribution in [1.82, 2.24) is 4.98 Å². The maximum Gasteiger partial charge on any atom is 0.412 e. The highest BCUT2D eigenvalue weighted by atomic mass is 19.1. The van der Waals surface area contributed by atoms with Crippen LogP contribution in [0.3, 0.4) is 0 Å². The van der Waals surface area contributed by atoms with Gasteiger partial charge in [-0.2, -0.15) is 0 Å². The Morgan fingerprint density at radius 3 is 2.52 bits per heavy atom. The van der Waals surface area contributed by atoms with Gasteiger partial charge in [0.25, 0.3) is 0 Å². The normalized spacial score (nSPS) is 11.1. The standard InChI is InChI=1S/C16H18FN3O3/c1-16(2,3)20(15(21)22)13-8-11(5-6-12(13)17)23-14-7-4-10(18)9-19-14/h4-9H,18H2,1-3H3,(H,21,22). The summed E-state index contributed by atoms with van der Waals surface area (Å²) in [4.78, 5) is 16.4. The number of halogens is 1. The second-order valence-electron chi connectivity index (χ2n) is 5.93. The fourth-order valence-corrected chi connectivity index (χ4v) is 2.05. The number of nitrogen functional groups attached to an aromatic ring is 1. The van der Waals surface area contributed by atoms with Crippen molar-refractivity contribution in [3.8, 4) is 11.6 Å². The lowest BCUT2D eigenvalue weighted by atomic mass is 10.1. The summed E-state index contributed by atoms with van der Waals surface area (Å²) < 4.78 is 19.6. The molecule has 0 saturated heterocycles. The molecule has 0 radical (unpaired) electrons. The van der Waals surface area contributed by atoms with E-state index in [2.05, 4.69) is 4.98 Å². The summed E-state index contributed by atoms with van der Waals surface area (Å²) in [5.74, 6) is -0.108. The third kappa shape index (κ3) is 3.88. The van der Waals surface area contributed by atoms with E-state index >= 15 is 0 Å². The third-order valence-electron chi connectivity index (χ3n) is 3.00. The van der Waals surface area contributed by atoms with Crippen molar-refractivity contribution in [3.05, 3.63) is 42.3 Å². The Bertz CT molecular complexity index is 712. The maximum atomic E-state index is 14.1. The van der Waals surface area contributed by atoms with Gasteiger partial charge in [-0.05, 0) is 39.0 Å². The monoisotopic (exact) mass is 319 g/mol. The fraction of sp³-hybridized carbons (Fsp3) is 0.250. The van der Waals surface area contributed by atoms with Crippen molar-refractivity contribution in [1.29, 1.82) is 0 Å². The van der Waals surface area contributed by atoms with E-state index in [4.69, 9.17) is 10.5 Å². The summed E-state index contributed by atoms with van der Waals surface area (Å²) in [6.45, 7) is 5.03. The number of benzene rings is 1. The van der Waals surface area contributed by atoms with Crippen molar-refractivity contribution >= 4 is 17.5 Å². The summed E-state index contributed by atoms with van der Waals surface area (Å²) in [5.41, 5.74) is 5.13. The van der Waals surface area contributed by atoms with E-state index in [1.165, 1.54) is 18.3 Å². The Hall–Kier alpha value is -2.83. The molecular weight excluding hydrogens is 301 g/mol. The number of nitrogens with zero attached hydrogens (tertiary/aromatic N) is 2. The number of nitrogens with two attached hydrogens (primary N) is 1. The lowest BCUT2D eigenvalue weighted by Gasteiger charge is -2.33. The van der Waals surface area contributed by atoms with E-state index < -0.39 is 17.4 Å². The Morgan fingerprint density at radius 1 is 1.30 bits per heavy atom. The topological polar surface area (TPSA) is 88.7 Å². The van der Waals surface area contributed by atoms with Crippen molar-refractivity contribution < 1.29 is 19.0 Å². The summed E-state index contributed by atoms with van der Waals surface area (Å²) in [6.07, 6.45) is 0.178. The number of aromatic nitrogens is 1. The lowest BCUT2D eigenvalue weighted by Crippen LogP contribution is -2.45. The number of ether oxygens (including phenoxy) is 1. The number of amides is 1. The Kier molecular flexibility index (Phi) is 4.40. The zero-order valence-electron chi connectivity index (χ0n) is 13.1. The Labute approximate surface area is 133 Å². The van der Waals surface area contributed by atoms with Crippen molar-refractivity contribution in [2.45, 2.75) is 26.3 Å². The van der Waals surface area contributed by atoms with E-state index in [1.807, 2.05) is 0 Å². The molecular formula is C16H18FN3O3. The number of hydrogen-bond donors (Lipinski definition) is 2. The first-order chi connectivity index (χ1) is 10.7. The first kappa shape index (κ1) is 16.5. The maximum absolute atomic E-state index is 14.1. The third-order valence-corrected chi connectivity index (χ3v) is 3.00. The number of carbonyl (C=O) groups is 1. The van der Waals surface area contributed by atoms with Crippen LogP contribution in [0.2, 0.25) is 0 Å². The van der Waals surface area contributed by atoms with Crippen LogP contribution in [0.5, 0.6) is 11.6 Å². The molecule has 1 aromatic heterocycles. The SMILES string of the molecule is CC(C)(C)N(C(=O)O)c1cc(Oc2ccc(N)cn2)ccc1F. The highest BCUT2D eigenvalue weighted by Gasteiger charge is 2.30. The van der Waals surface area contributed by atoms with Crippen LogP contribution < -0.4 is 15.4 Å². The molecule has 1 amide bonds. The summed E-state index contributed by atoms with van der Waals surface area (Å²) in [7, 11) is 0. The molecule has 23 heavy (non-hydrogen) atoms. The highest BCUT2D eigenvalue weighted by molar-refractivity contribution is 5.88. The smallest absolute Gasteiger partial charge is 0.412 e. The van der Waals surface area contributed by atoms with E-state index in [9.17, 15) is 14.3 Å². The van der Waals surface area contributed by atoms with Gasteiger partial charge in [-0.25, -0.2) is 14.2 Å². The van der Waals surface area contributed by atoms with Gasteiger partial charge in [-0.15, -0.1) is 0 Å². The minimum absolute atomic E-state index is 0.0852. The van der Waals surface area contributed by atoms with Crippen LogP contribution in [0.4, 0.5) is 20.6 Å². The average Bonchev–Trinajstić information content (AvgIpc) is 2.43. The molecule has 0 bridgehead atoms. The van der Waals surface area contributed by atoms with Gasteiger partial charge in [0.1, 0.15) is 11.6 Å². The number of pyridine rings is 1. The summed E-state index contributed by atoms with van der Waals surface area (Å²) in [5, 5.41) is 9.39. The summed E-state index contributed by atoms with van der Waals surface area (Å²) in [6, 6.07) is 7.07. The molecule has 2 aromatic rings. The van der Waals surface area contributed by atoms with Crippen LogP contribution in [0.15, 0.2) is 36.5 Å². The van der Waals surface area contributed by atoms with Gasteiger partial charge in [-0.3, -0.25) is 4.90 Å². The van der Waals surface area contributed by atoms with Crippen LogP contribution in [0.1, 0.15) is 20.8 Å². The second kappa shape index (κ2) is 6.12. The van der Waals surface area contributed by atoms with Gasteiger partial charge < -0.3 is 15.6 Å². The number of hydrogen-bond acceptors (Lipinski definition) is 4. The Morgan fingerprint density at radius 2 is 2.00 bits per heavy atom. The molecule has 0 aliphatic rings. The molecule has 3 N–H and O–H groups in total. The van der Waals surface area contributed by atoms with Gasteiger partial charge in [-0.1, -0.05) is 0 Å². The van der Waals surface area contributed by atoms with Crippen LogP contribution in [0.25, 0.3) is 0 Å². The molecule has 0 atom stereocenters. The van der Waals surface area contributed by atoms with Gasteiger partial charge in [0.05, 0.1) is 17.6 Å². The molecule has 0 saturated carbocycles. The van der Waals surface area contributed by atoms with E-state index in [1.54, 1.807) is 32.9 Å². The molecule has 7 heteroatoms. The van der Waals surface area contributed by atoms with Gasteiger partial charge in [0, 0.05) is 17.7 Å². The first-order valence-electron chi connectivity index (χ1n) is 6.90. The van der Waals surface area contributed by atoms with Crippen molar-refractivity contribution in [2.24, 2.45) is 0 Å². The van der Waals surface area contributed by atoms with Crippen LogP contribution in [-0.4, -0.2) is 21.7 Å². The minimum Gasteiger partial charge on any atom is -0.465 e. The molecule has 1 aromatic carbocycles. The van der Waals surface area contributed by atoms with Crippen molar-refractivity contribution in [2.75, 3.05) is 10.6 Å². The van der Waals surface area contributed by atoms with Gasteiger partial charge in [0.2, 0.25) is 5.88 Å². The number of rotatable bonds is 3. The van der Waals surface area contributed by atoms with E-state index in [-0.39, 0.29) is 17.3 Å². The second-order valence-corrected chi connectivity index (χ2v) is 5.93. The van der Waals surface area contributed by atoms with Gasteiger partial charge >= 0.3 is 6.09 Å². The zero-order chi connectivity index (χ0) is 17.2. The predicted octanol–water partition coefficient (Wildman–Crippen LogP) is 3.88. The fourth-order valence-electron chi connectivity index (χ4n) is 2.05. The van der Waals surface area contributed by atoms with Gasteiger partial charge in [0.15, 0.2) is 0 Å². The molecule has 2 rings (SSSR count). The van der Waals surface area contributed by atoms with Crippen LogP contribution >= 0.6 is 0 Å². The molecule has 122 valence electrons. The van der Waals surface area contributed by atoms with E-state index in [0.717, 1.165) is 11.0 Å². The molecule has 0 aliphatic carbocycles. The molecule has 0 fully saturated rings. The summed E-state index contributed by atoms with van der Waals surface area (Å²) >= 11 is 0. The molecule has 6 nitrogen and oxygen atoms in total. The van der Waals surface area contributed by atoms with Crippen molar-refractivity contribution in [3.63, 3.8) is 0 Å². The largest absolute Gasteiger partial charge is 0.465 e. The molecule has 1 heterocycles. The first-order valence-corrected chi connectivity index (χ1v) is 6.90. The zero-order valence-corrected chi connectivity index (χ0v) is 13.1. The minimum atomic E-state index is -1.25. The van der Waals surface area contributed by atoms with Crippen LogP contribution in [-0.2, 0) is 0 Å². The highest BCUT2D eigenvalue weighted by Crippen LogP contribution is 2.32. The quantitative estimate of drug-likeness (QED) is 0.896.